The number of rotatable bonds is 2. The van der Waals surface area contributed by atoms with Gasteiger partial charge in [0, 0.05) is 11.1 Å². The molecule has 0 aliphatic heterocycles. The van der Waals surface area contributed by atoms with E-state index in [1.54, 1.807) is 6.92 Å². The van der Waals surface area contributed by atoms with E-state index in [0.29, 0.717) is 10.6 Å². The van der Waals surface area contributed by atoms with Crippen molar-refractivity contribution in [1.29, 1.82) is 0 Å². The van der Waals surface area contributed by atoms with Crippen molar-refractivity contribution in [2.45, 2.75) is 38.6 Å². The number of hydrogen-bond acceptors (Lipinski definition) is 2. The van der Waals surface area contributed by atoms with Crippen molar-refractivity contribution < 1.29 is 9.90 Å². The first kappa shape index (κ1) is 14.3. The second-order valence-electron chi connectivity index (χ2n) is 4.77. The molecule has 19 heavy (non-hydrogen) atoms. The van der Waals surface area contributed by atoms with Crippen LogP contribution < -0.4 is 10.6 Å². The Morgan fingerprint density at radius 1 is 1.37 bits per heavy atom. The maximum Gasteiger partial charge on any atom is 0.319 e. The summed E-state index contributed by atoms with van der Waals surface area (Å²) in [5, 5.41) is 15.9. The Kier molecular flexibility index (Phi) is 4.42. The monoisotopic (exact) mass is 302 g/mol. The van der Waals surface area contributed by atoms with Crippen molar-refractivity contribution in [3.8, 4) is 5.75 Å². The lowest BCUT2D eigenvalue weighted by molar-refractivity contribution is 0.248. The molecule has 1 fully saturated rings. The predicted octanol–water partition coefficient (Wildman–Crippen LogP) is 4.07. The molecular weight excluding hydrogens is 287 g/mol. The largest absolute Gasteiger partial charge is 0.504 e. The number of carbonyl (C=O) groups excluding carboxylic acids is 1. The standard InChI is InChI=1S/C13H16Cl2N2O2/c1-7-9(14)6-10(12(18)11(7)15)17-13(19)16-8-4-2-3-5-8/h6,8,18H,2-5H2,1H3,(H2,16,17,19). The first-order chi connectivity index (χ1) is 8.99. The Hall–Kier alpha value is -1.13. The van der Waals surface area contributed by atoms with E-state index in [9.17, 15) is 9.90 Å². The summed E-state index contributed by atoms with van der Waals surface area (Å²) in [6.07, 6.45) is 4.26. The molecule has 4 nitrogen and oxygen atoms in total. The van der Waals surface area contributed by atoms with Gasteiger partial charge in [0.15, 0.2) is 5.75 Å². The van der Waals surface area contributed by atoms with Crippen LogP contribution >= 0.6 is 23.2 Å². The van der Waals surface area contributed by atoms with E-state index in [1.807, 2.05) is 0 Å². The minimum absolute atomic E-state index is 0.156. The second kappa shape index (κ2) is 5.88. The molecule has 0 aromatic heterocycles. The molecule has 1 aromatic rings. The van der Waals surface area contributed by atoms with Crippen molar-refractivity contribution >= 4 is 34.9 Å². The summed E-state index contributed by atoms with van der Waals surface area (Å²) < 4.78 is 0. The molecule has 1 aliphatic rings. The summed E-state index contributed by atoms with van der Waals surface area (Å²) >= 11 is 11.9. The molecule has 2 amide bonds. The first-order valence-electron chi connectivity index (χ1n) is 6.24. The lowest BCUT2D eigenvalue weighted by atomic mass is 10.2. The highest BCUT2D eigenvalue weighted by Crippen LogP contribution is 2.38. The molecular formula is C13H16Cl2N2O2. The molecule has 0 heterocycles. The molecule has 6 heteroatoms. The average molecular weight is 303 g/mol. The highest BCUT2D eigenvalue weighted by Gasteiger charge is 2.19. The molecule has 0 unspecified atom stereocenters. The maximum absolute atomic E-state index is 11.8. The van der Waals surface area contributed by atoms with Crippen LogP contribution in [0.4, 0.5) is 10.5 Å². The highest BCUT2D eigenvalue weighted by atomic mass is 35.5. The van der Waals surface area contributed by atoms with Crippen LogP contribution in [-0.2, 0) is 0 Å². The van der Waals surface area contributed by atoms with Gasteiger partial charge in [-0.3, -0.25) is 0 Å². The predicted molar refractivity (Wildman–Crippen MR) is 77.3 cm³/mol. The van der Waals surface area contributed by atoms with Crippen molar-refractivity contribution in [3.05, 3.63) is 21.7 Å². The Balaban J connectivity index is 2.08. The molecule has 3 N–H and O–H groups in total. The van der Waals surface area contributed by atoms with Gasteiger partial charge in [-0.1, -0.05) is 36.0 Å². The number of benzene rings is 1. The fourth-order valence-corrected chi connectivity index (χ4v) is 2.67. The van der Waals surface area contributed by atoms with Gasteiger partial charge in [0.05, 0.1) is 10.7 Å². The van der Waals surface area contributed by atoms with Gasteiger partial charge in [-0.05, 0) is 31.4 Å². The number of aromatic hydroxyl groups is 1. The minimum atomic E-state index is -0.349. The quantitative estimate of drug-likeness (QED) is 0.721. The minimum Gasteiger partial charge on any atom is -0.504 e. The topological polar surface area (TPSA) is 61.4 Å². The van der Waals surface area contributed by atoms with Crippen LogP contribution in [0.25, 0.3) is 0 Å². The van der Waals surface area contributed by atoms with Crippen LogP contribution in [0.15, 0.2) is 6.07 Å². The van der Waals surface area contributed by atoms with Gasteiger partial charge in [-0.2, -0.15) is 0 Å². The number of carbonyl (C=O) groups is 1. The highest BCUT2D eigenvalue weighted by molar-refractivity contribution is 6.37. The number of amides is 2. The van der Waals surface area contributed by atoms with Crippen LogP contribution in [0.2, 0.25) is 10.0 Å². The molecule has 0 atom stereocenters. The van der Waals surface area contributed by atoms with Crippen molar-refractivity contribution in [1.82, 2.24) is 5.32 Å². The zero-order valence-electron chi connectivity index (χ0n) is 10.6. The summed E-state index contributed by atoms with van der Waals surface area (Å²) in [7, 11) is 0. The molecule has 1 aromatic carbocycles. The summed E-state index contributed by atoms with van der Waals surface area (Å²) in [6, 6.07) is 1.35. The van der Waals surface area contributed by atoms with E-state index in [4.69, 9.17) is 23.2 Å². The van der Waals surface area contributed by atoms with Gasteiger partial charge in [-0.15, -0.1) is 0 Å². The van der Waals surface area contributed by atoms with Crippen LogP contribution in [0.3, 0.4) is 0 Å². The Labute approximate surface area is 122 Å². The summed E-state index contributed by atoms with van der Waals surface area (Å²) in [6.45, 7) is 1.70. The Morgan fingerprint density at radius 2 is 2.00 bits per heavy atom. The number of anilines is 1. The average Bonchev–Trinajstić information content (AvgIpc) is 2.86. The Morgan fingerprint density at radius 3 is 2.63 bits per heavy atom. The van der Waals surface area contributed by atoms with E-state index in [1.165, 1.54) is 6.07 Å². The van der Waals surface area contributed by atoms with Crippen molar-refractivity contribution in [2.75, 3.05) is 5.32 Å². The fourth-order valence-electron chi connectivity index (χ4n) is 2.21. The summed E-state index contributed by atoms with van der Waals surface area (Å²) in [4.78, 5) is 11.8. The smallest absolute Gasteiger partial charge is 0.319 e. The van der Waals surface area contributed by atoms with Crippen LogP contribution in [0, 0.1) is 6.92 Å². The molecule has 104 valence electrons. The number of phenolic OH excluding ortho intramolecular Hbond substituents is 1. The molecule has 0 bridgehead atoms. The molecule has 0 saturated heterocycles. The second-order valence-corrected chi connectivity index (χ2v) is 5.56. The van der Waals surface area contributed by atoms with Gasteiger partial charge in [-0.25, -0.2) is 4.79 Å². The van der Waals surface area contributed by atoms with Crippen LogP contribution in [-0.4, -0.2) is 17.2 Å². The fraction of sp³-hybridized carbons (Fsp3) is 0.462. The van der Waals surface area contributed by atoms with Gasteiger partial charge in [0.2, 0.25) is 0 Å². The molecule has 1 aliphatic carbocycles. The third kappa shape index (κ3) is 3.25. The zero-order valence-corrected chi connectivity index (χ0v) is 12.1. The van der Waals surface area contributed by atoms with Gasteiger partial charge < -0.3 is 15.7 Å². The lowest BCUT2D eigenvalue weighted by Crippen LogP contribution is -2.36. The number of urea groups is 1. The number of hydrogen-bond donors (Lipinski definition) is 3. The van der Waals surface area contributed by atoms with Crippen molar-refractivity contribution in [2.24, 2.45) is 0 Å². The number of nitrogens with one attached hydrogen (secondary N) is 2. The van der Waals surface area contributed by atoms with E-state index in [0.717, 1.165) is 25.7 Å². The summed E-state index contributed by atoms with van der Waals surface area (Å²) in [5.74, 6) is -0.162. The SMILES string of the molecule is Cc1c(Cl)cc(NC(=O)NC2CCCC2)c(O)c1Cl. The van der Waals surface area contributed by atoms with Crippen molar-refractivity contribution in [3.63, 3.8) is 0 Å². The van der Waals surface area contributed by atoms with Gasteiger partial charge >= 0.3 is 6.03 Å². The van der Waals surface area contributed by atoms with E-state index in [2.05, 4.69) is 10.6 Å². The van der Waals surface area contributed by atoms with E-state index < -0.39 is 0 Å². The van der Waals surface area contributed by atoms with E-state index >= 15 is 0 Å². The third-order valence-electron chi connectivity index (χ3n) is 3.36. The lowest BCUT2D eigenvalue weighted by Gasteiger charge is -2.15. The van der Waals surface area contributed by atoms with Gasteiger partial charge in [0.1, 0.15) is 0 Å². The first-order valence-corrected chi connectivity index (χ1v) is 6.99. The Bertz CT molecular complexity index is 500. The third-order valence-corrected chi connectivity index (χ3v) is 4.22. The van der Waals surface area contributed by atoms with Crippen LogP contribution in [0.5, 0.6) is 5.75 Å². The molecule has 0 radical (unpaired) electrons. The molecule has 2 rings (SSSR count). The van der Waals surface area contributed by atoms with E-state index in [-0.39, 0.29) is 28.5 Å². The number of halogens is 2. The number of phenols is 1. The molecule has 1 saturated carbocycles. The normalized spacial score (nSPS) is 15.5. The maximum atomic E-state index is 11.8. The zero-order chi connectivity index (χ0) is 14.0. The van der Waals surface area contributed by atoms with Crippen LogP contribution in [0.1, 0.15) is 31.2 Å². The van der Waals surface area contributed by atoms with Gasteiger partial charge in [0.25, 0.3) is 0 Å². The molecule has 0 spiro atoms. The summed E-state index contributed by atoms with van der Waals surface area (Å²) in [5.41, 5.74) is 0.804.